The van der Waals surface area contributed by atoms with Crippen LogP contribution in [0.2, 0.25) is 5.15 Å². The van der Waals surface area contributed by atoms with Gasteiger partial charge in [0.05, 0.1) is 25.6 Å². The third kappa shape index (κ3) is 5.21. The Morgan fingerprint density at radius 2 is 1.94 bits per heavy atom. The Labute approximate surface area is 192 Å². The Kier molecular flexibility index (Phi) is 7.40. The van der Waals surface area contributed by atoms with Gasteiger partial charge in [-0.05, 0) is 25.0 Å². The van der Waals surface area contributed by atoms with Crippen LogP contribution in [-0.4, -0.2) is 38.3 Å². The van der Waals surface area contributed by atoms with Gasteiger partial charge in [-0.1, -0.05) is 25.4 Å². The zero-order valence-corrected chi connectivity index (χ0v) is 20.0. The quantitative estimate of drug-likeness (QED) is 0.523. The van der Waals surface area contributed by atoms with E-state index < -0.39 is 0 Å². The number of hydrogen-bond acceptors (Lipinski definition) is 7. The van der Waals surface area contributed by atoms with Crippen LogP contribution in [0.25, 0.3) is 0 Å². The summed E-state index contributed by atoms with van der Waals surface area (Å²) >= 11 is 6.29. The Hall–Kier alpha value is -3.07. The summed E-state index contributed by atoms with van der Waals surface area (Å²) < 4.78 is 14.0. The van der Waals surface area contributed by atoms with Crippen LogP contribution >= 0.6 is 11.6 Å². The van der Waals surface area contributed by atoms with Crippen LogP contribution in [0.3, 0.4) is 0 Å². The Balaban J connectivity index is 1.67. The fourth-order valence-electron chi connectivity index (χ4n) is 3.27. The van der Waals surface area contributed by atoms with Crippen molar-refractivity contribution in [2.24, 2.45) is 20.0 Å². The zero-order chi connectivity index (χ0) is 23.4. The number of hydrogen-bond donors (Lipinski definition) is 1. The fraction of sp³-hybridized carbons (Fsp3) is 0.455. The number of methoxy groups -OCH3 is 1. The first-order valence-corrected chi connectivity index (χ1v) is 10.7. The maximum atomic E-state index is 12.5. The van der Waals surface area contributed by atoms with Gasteiger partial charge in [-0.15, -0.1) is 5.10 Å². The Bertz CT molecular complexity index is 1130. The van der Waals surface area contributed by atoms with E-state index in [0.29, 0.717) is 29.9 Å². The topological polar surface area (TPSA) is 96.1 Å². The molecular formula is C22H29ClN6O3. The highest BCUT2D eigenvalue weighted by Crippen LogP contribution is 2.25. The fourth-order valence-corrected chi connectivity index (χ4v) is 3.51. The summed E-state index contributed by atoms with van der Waals surface area (Å²) in [4.78, 5) is 17.0. The number of rotatable bonds is 9. The van der Waals surface area contributed by atoms with E-state index in [4.69, 9.17) is 21.1 Å². The molecule has 3 aromatic rings. The molecule has 0 aromatic carbocycles. The average Bonchev–Trinajstić information content (AvgIpc) is 3.03. The minimum absolute atomic E-state index is 0.168. The van der Waals surface area contributed by atoms with E-state index in [0.717, 1.165) is 22.7 Å². The van der Waals surface area contributed by atoms with Crippen molar-refractivity contribution in [2.45, 2.75) is 33.2 Å². The van der Waals surface area contributed by atoms with Crippen LogP contribution < -0.4 is 20.3 Å². The van der Waals surface area contributed by atoms with Crippen LogP contribution in [0, 0.1) is 12.8 Å². The highest BCUT2D eigenvalue weighted by molar-refractivity contribution is 6.30. The normalized spacial score (nSPS) is 13.0. The van der Waals surface area contributed by atoms with E-state index in [1.54, 1.807) is 38.2 Å². The second kappa shape index (κ2) is 10.0. The average molecular weight is 461 g/mol. The molecule has 0 saturated carbocycles. The molecule has 0 radical (unpaired) electrons. The molecule has 0 aliphatic carbocycles. The minimum Gasteiger partial charge on any atom is -0.495 e. The second-order valence-corrected chi connectivity index (χ2v) is 8.21. The van der Waals surface area contributed by atoms with E-state index in [1.807, 2.05) is 19.1 Å². The molecule has 0 aliphatic heterocycles. The van der Waals surface area contributed by atoms with Gasteiger partial charge in [0.15, 0.2) is 0 Å². The van der Waals surface area contributed by atoms with Gasteiger partial charge in [-0.2, -0.15) is 5.10 Å². The number of anilines is 1. The molecule has 0 fully saturated rings. The van der Waals surface area contributed by atoms with Gasteiger partial charge in [0.25, 0.3) is 5.56 Å². The third-order valence-electron chi connectivity index (χ3n) is 5.58. The van der Waals surface area contributed by atoms with Gasteiger partial charge in [0, 0.05) is 43.9 Å². The molecule has 1 unspecified atom stereocenters. The summed E-state index contributed by atoms with van der Waals surface area (Å²) in [5.41, 5.74) is 2.74. The largest absolute Gasteiger partial charge is 0.495 e. The first-order chi connectivity index (χ1) is 15.2. The number of ether oxygens (including phenoxy) is 2. The van der Waals surface area contributed by atoms with Crippen LogP contribution in [0.5, 0.6) is 11.6 Å². The van der Waals surface area contributed by atoms with Gasteiger partial charge >= 0.3 is 0 Å². The summed E-state index contributed by atoms with van der Waals surface area (Å²) in [6.45, 7) is 6.86. The van der Waals surface area contributed by atoms with Crippen molar-refractivity contribution in [1.29, 1.82) is 0 Å². The van der Waals surface area contributed by atoms with Gasteiger partial charge in [0.2, 0.25) is 5.88 Å². The number of aryl methyl sites for hydroxylation is 3. The summed E-state index contributed by atoms with van der Waals surface area (Å²) in [6, 6.07) is 5.47. The van der Waals surface area contributed by atoms with Gasteiger partial charge in [-0.3, -0.25) is 14.5 Å². The van der Waals surface area contributed by atoms with Crippen LogP contribution in [0.15, 0.2) is 29.2 Å². The van der Waals surface area contributed by atoms with E-state index in [9.17, 15) is 4.79 Å². The molecule has 0 spiro atoms. The maximum Gasteiger partial charge on any atom is 0.290 e. The van der Waals surface area contributed by atoms with Gasteiger partial charge in [-0.25, -0.2) is 4.68 Å². The lowest BCUT2D eigenvalue weighted by molar-refractivity contribution is 0.228. The van der Waals surface area contributed by atoms with Crippen molar-refractivity contribution in [2.75, 3.05) is 19.0 Å². The standard InChI is InChI=1S/C22H29ClN6O3/c1-13(14(2)18-8-7-16(31-6)10-24-18)12-32-20-9-19(22(30)29(5)27-20)25-11-17-15(3)26-28(4)21(17)23/h7-10,13-14,25H,11-12H2,1-6H3/t13?,14-/m0/s1. The van der Waals surface area contributed by atoms with E-state index in [2.05, 4.69) is 34.3 Å². The predicted molar refractivity (Wildman–Crippen MR) is 124 cm³/mol. The molecule has 1 N–H and O–H groups in total. The number of pyridine rings is 1. The molecule has 2 atom stereocenters. The first kappa shape index (κ1) is 23.6. The van der Waals surface area contributed by atoms with Crippen molar-refractivity contribution < 1.29 is 9.47 Å². The molecule has 9 nitrogen and oxygen atoms in total. The van der Waals surface area contributed by atoms with E-state index in [-0.39, 0.29) is 17.4 Å². The number of nitrogens with zero attached hydrogens (tertiary/aromatic N) is 5. The van der Waals surface area contributed by atoms with Crippen LogP contribution in [0.4, 0.5) is 5.69 Å². The molecule has 0 amide bonds. The molecular weight excluding hydrogens is 432 g/mol. The minimum atomic E-state index is -0.251. The lowest BCUT2D eigenvalue weighted by Crippen LogP contribution is -2.25. The predicted octanol–water partition coefficient (Wildman–Crippen LogP) is 3.31. The number of aromatic nitrogens is 5. The molecule has 0 bridgehead atoms. The third-order valence-corrected chi connectivity index (χ3v) is 6.05. The smallest absolute Gasteiger partial charge is 0.290 e. The van der Waals surface area contributed by atoms with Crippen molar-refractivity contribution in [3.05, 3.63) is 56.9 Å². The highest BCUT2D eigenvalue weighted by Gasteiger charge is 2.18. The monoisotopic (exact) mass is 460 g/mol. The Morgan fingerprint density at radius 1 is 1.19 bits per heavy atom. The summed E-state index contributed by atoms with van der Waals surface area (Å²) in [7, 11) is 4.99. The molecule has 10 heteroatoms. The highest BCUT2D eigenvalue weighted by atomic mass is 35.5. The Morgan fingerprint density at radius 3 is 2.53 bits per heavy atom. The molecule has 0 saturated heterocycles. The SMILES string of the molecule is COc1ccc([C@@H](C)C(C)COc2cc(NCc3c(C)nn(C)c3Cl)c(=O)n(C)n2)nc1. The van der Waals surface area contributed by atoms with Crippen molar-refractivity contribution >= 4 is 17.3 Å². The van der Waals surface area contributed by atoms with E-state index >= 15 is 0 Å². The lowest BCUT2D eigenvalue weighted by Gasteiger charge is -2.20. The van der Waals surface area contributed by atoms with Gasteiger partial charge < -0.3 is 14.8 Å². The second-order valence-electron chi connectivity index (χ2n) is 7.86. The molecule has 0 aliphatic rings. The van der Waals surface area contributed by atoms with Gasteiger partial charge in [0.1, 0.15) is 16.6 Å². The molecule has 32 heavy (non-hydrogen) atoms. The first-order valence-electron chi connectivity index (χ1n) is 10.3. The lowest BCUT2D eigenvalue weighted by atomic mass is 9.93. The number of halogens is 1. The molecule has 3 heterocycles. The maximum absolute atomic E-state index is 12.5. The van der Waals surface area contributed by atoms with Crippen molar-refractivity contribution in [3.63, 3.8) is 0 Å². The van der Waals surface area contributed by atoms with Crippen molar-refractivity contribution in [3.8, 4) is 11.6 Å². The number of nitrogens with one attached hydrogen (secondary N) is 1. The molecule has 3 aromatic heterocycles. The van der Waals surface area contributed by atoms with Crippen LogP contribution in [-0.2, 0) is 20.6 Å². The molecule has 172 valence electrons. The van der Waals surface area contributed by atoms with Crippen molar-refractivity contribution in [1.82, 2.24) is 24.5 Å². The molecule has 3 rings (SSSR count). The summed E-state index contributed by atoms with van der Waals surface area (Å²) in [5, 5.41) is 12.2. The van der Waals surface area contributed by atoms with E-state index in [1.165, 1.54) is 4.68 Å². The van der Waals surface area contributed by atoms with Crippen LogP contribution in [0.1, 0.15) is 36.7 Å². The summed E-state index contributed by atoms with van der Waals surface area (Å²) in [5.74, 6) is 1.43. The summed E-state index contributed by atoms with van der Waals surface area (Å²) in [6.07, 6.45) is 1.71. The zero-order valence-electron chi connectivity index (χ0n) is 19.2.